The molecule has 35 heavy (non-hydrogen) atoms. The van der Waals surface area contributed by atoms with E-state index in [0.717, 1.165) is 15.6 Å². The van der Waals surface area contributed by atoms with Crippen molar-refractivity contribution in [1.29, 1.82) is 0 Å². The van der Waals surface area contributed by atoms with Gasteiger partial charge in [-0.15, -0.1) is 0 Å². The molecule has 8 nitrogen and oxygen atoms in total. The number of ether oxygens (including phenoxy) is 1. The number of carbonyl (C=O) groups excluding carboxylic acids is 2. The van der Waals surface area contributed by atoms with Gasteiger partial charge >= 0.3 is 0 Å². The average molecular weight is 494 g/mol. The van der Waals surface area contributed by atoms with E-state index in [0.29, 0.717) is 30.0 Å². The third-order valence-electron chi connectivity index (χ3n) is 5.90. The SMILES string of the molecule is CCN(CC(=O)Nc1ccc2c(c1)N(C(=O)c1ccc(OC)cc1)CC2)S(=O)(=O)c1ccccc1. The number of fused-ring (bicyclic) bond motifs is 1. The van der Waals surface area contributed by atoms with Crippen LogP contribution in [0.5, 0.6) is 5.75 Å². The summed E-state index contributed by atoms with van der Waals surface area (Å²) in [4.78, 5) is 27.7. The summed E-state index contributed by atoms with van der Waals surface area (Å²) in [5.41, 5.74) is 2.77. The lowest BCUT2D eigenvalue weighted by Gasteiger charge is -2.21. The predicted molar refractivity (Wildman–Crippen MR) is 134 cm³/mol. The molecule has 0 bridgehead atoms. The maximum absolute atomic E-state index is 13.1. The normalized spacial score (nSPS) is 12.9. The van der Waals surface area contributed by atoms with Crippen molar-refractivity contribution in [2.45, 2.75) is 18.2 Å². The van der Waals surface area contributed by atoms with Crippen LogP contribution < -0.4 is 15.0 Å². The molecule has 2 amide bonds. The Morgan fingerprint density at radius 1 is 1.03 bits per heavy atom. The fraction of sp³-hybridized carbons (Fsp3) is 0.231. The van der Waals surface area contributed by atoms with E-state index < -0.39 is 15.9 Å². The van der Waals surface area contributed by atoms with Gasteiger partial charge < -0.3 is 15.0 Å². The van der Waals surface area contributed by atoms with Crippen molar-refractivity contribution < 1.29 is 22.7 Å². The van der Waals surface area contributed by atoms with Crippen molar-refractivity contribution in [2.75, 3.05) is 37.0 Å². The van der Waals surface area contributed by atoms with E-state index in [-0.39, 0.29) is 23.9 Å². The summed E-state index contributed by atoms with van der Waals surface area (Å²) >= 11 is 0. The van der Waals surface area contributed by atoms with Gasteiger partial charge in [-0.05, 0) is 60.5 Å². The van der Waals surface area contributed by atoms with Gasteiger partial charge in [0.25, 0.3) is 5.91 Å². The summed E-state index contributed by atoms with van der Waals surface area (Å²) in [6.07, 6.45) is 0.713. The van der Waals surface area contributed by atoms with Crippen LogP contribution in [0, 0.1) is 0 Å². The second-order valence-corrected chi connectivity index (χ2v) is 10.0. The Morgan fingerprint density at radius 2 is 1.74 bits per heavy atom. The first kappa shape index (κ1) is 24.4. The number of methoxy groups -OCH3 is 1. The van der Waals surface area contributed by atoms with Gasteiger partial charge in [0.2, 0.25) is 15.9 Å². The first-order chi connectivity index (χ1) is 16.8. The van der Waals surface area contributed by atoms with E-state index in [2.05, 4.69) is 5.32 Å². The van der Waals surface area contributed by atoms with Gasteiger partial charge in [-0.3, -0.25) is 9.59 Å². The molecule has 4 rings (SSSR count). The standard InChI is InChI=1S/C26H27N3O5S/c1-3-28(35(32,33)23-7-5-4-6-8-23)18-25(30)27-21-12-9-19-15-16-29(24(19)17-21)26(31)20-10-13-22(34-2)14-11-20/h4-14,17H,3,15-16,18H2,1-2H3,(H,27,30). The molecule has 182 valence electrons. The minimum Gasteiger partial charge on any atom is -0.497 e. The first-order valence-corrected chi connectivity index (χ1v) is 12.7. The Hall–Kier alpha value is -3.69. The number of hydrogen-bond acceptors (Lipinski definition) is 5. The van der Waals surface area contributed by atoms with Crippen LogP contribution in [0.3, 0.4) is 0 Å². The lowest BCUT2D eigenvalue weighted by molar-refractivity contribution is -0.116. The molecule has 9 heteroatoms. The number of likely N-dealkylation sites (N-methyl/N-ethyl adjacent to an activating group) is 1. The molecule has 0 unspecified atom stereocenters. The minimum atomic E-state index is -3.79. The number of sulfonamides is 1. The molecule has 3 aromatic rings. The third kappa shape index (κ3) is 5.21. The van der Waals surface area contributed by atoms with Gasteiger partial charge in [0.05, 0.1) is 18.6 Å². The monoisotopic (exact) mass is 493 g/mol. The van der Waals surface area contributed by atoms with Crippen molar-refractivity contribution in [3.05, 3.63) is 83.9 Å². The second-order valence-electron chi connectivity index (χ2n) is 8.07. The largest absolute Gasteiger partial charge is 0.497 e. The Kier molecular flexibility index (Phi) is 7.18. The molecule has 0 radical (unpaired) electrons. The van der Waals surface area contributed by atoms with Crippen molar-refractivity contribution in [3.8, 4) is 5.75 Å². The Bertz CT molecular complexity index is 1320. The Labute approximate surface area is 205 Å². The zero-order valence-electron chi connectivity index (χ0n) is 19.6. The lowest BCUT2D eigenvalue weighted by Crippen LogP contribution is -2.37. The van der Waals surface area contributed by atoms with Gasteiger partial charge in [-0.2, -0.15) is 4.31 Å². The van der Waals surface area contributed by atoms with Crippen LogP contribution >= 0.6 is 0 Å². The summed E-state index contributed by atoms with van der Waals surface area (Å²) in [7, 11) is -2.22. The molecule has 0 fully saturated rings. The van der Waals surface area contributed by atoms with E-state index in [1.165, 1.54) is 12.1 Å². The van der Waals surface area contributed by atoms with Crippen molar-refractivity contribution in [3.63, 3.8) is 0 Å². The second kappa shape index (κ2) is 10.3. The molecule has 1 aliphatic heterocycles. The molecule has 0 saturated carbocycles. The Morgan fingerprint density at radius 3 is 2.40 bits per heavy atom. The van der Waals surface area contributed by atoms with Crippen LogP contribution in [0.25, 0.3) is 0 Å². The third-order valence-corrected chi connectivity index (χ3v) is 7.84. The van der Waals surface area contributed by atoms with Gasteiger partial charge in [-0.25, -0.2) is 8.42 Å². The summed E-state index contributed by atoms with van der Waals surface area (Å²) in [6, 6.07) is 20.3. The van der Waals surface area contributed by atoms with Crippen LogP contribution in [-0.2, 0) is 21.2 Å². The maximum atomic E-state index is 13.1. The highest BCUT2D eigenvalue weighted by Crippen LogP contribution is 2.32. The molecule has 0 saturated heterocycles. The smallest absolute Gasteiger partial charge is 0.258 e. The quantitative estimate of drug-likeness (QED) is 0.518. The van der Waals surface area contributed by atoms with Gasteiger partial charge in [0.1, 0.15) is 5.75 Å². The van der Waals surface area contributed by atoms with E-state index in [1.807, 2.05) is 6.07 Å². The van der Waals surface area contributed by atoms with Crippen LogP contribution in [-0.4, -0.2) is 51.3 Å². The zero-order chi connectivity index (χ0) is 25.0. The molecular formula is C26H27N3O5S. The highest BCUT2D eigenvalue weighted by atomic mass is 32.2. The fourth-order valence-corrected chi connectivity index (χ4v) is 5.45. The van der Waals surface area contributed by atoms with Crippen LogP contribution in [0.15, 0.2) is 77.7 Å². The van der Waals surface area contributed by atoms with E-state index >= 15 is 0 Å². The number of amides is 2. The number of carbonyl (C=O) groups is 2. The number of hydrogen-bond donors (Lipinski definition) is 1. The van der Waals surface area contributed by atoms with Crippen LogP contribution in [0.2, 0.25) is 0 Å². The molecule has 0 atom stereocenters. The summed E-state index contributed by atoms with van der Waals surface area (Å²) in [5.74, 6) is 0.0714. The zero-order valence-corrected chi connectivity index (χ0v) is 20.4. The summed E-state index contributed by atoms with van der Waals surface area (Å²) in [5, 5.41) is 2.77. The van der Waals surface area contributed by atoms with Crippen molar-refractivity contribution in [2.24, 2.45) is 0 Å². The molecule has 1 heterocycles. The van der Waals surface area contributed by atoms with Crippen LogP contribution in [0.4, 0.5) is 11.4 Å². The highest BCUT2D eigenvalue weighted by molar-refractivity contribution is 7.89. The summed E-state index contributed by atoms with van der Waals surface area (Å²) in [6.45, 7) is 2.06. The molecule has 1 N–H and O–H groups in total. The lowest BCUT2D eigenvalue weighted by atomic mass is 10.1. The van der Waals surface area contributed by atoms with Crippen LogP contribution in [0.1, 0.15) is 22.8 Å². The van der Waals surface area contributed by atoms with Crippen molar-refractivity contribution in [1.82, 2.24) is 4.31 Å². The molecule has 1 aliphatic rings. The summed E-state index contributed by atoms with van der Waals surface area (Å²) < 4.78 is 32.1. The van der Waals surface area contributed by atoms with Gasteiger partial charge in [-0.1, -0.05) is 31.2 Å². The first-order valence-electron chi connectivity index (χ1n) is 11.3. The van der Waals surface area contributed by atoms with Crippen molar-refractivity contribution >= 4 is 33.2 Å². The van der Waals surface area contributed by atoms with E-state index in [4.69, 9.17) is 4.74 Å². The van der Waals surface area contributed by atoms with Gasteiger partial charge in [0.15, 0.2) is 0 Å². The molecular weight excluding hydrogens is 466 g/mol. The van der Waals surface area contributed by atoms with E-state index in [1.54, 1.807) is 73.5 Å². The predicted octanol–water partition coefficient (Wildman–Crippen LogP) is 3.55. The molecule has 0 aromatic heterocycles. The fourth-order valence-electron chi connectivity index (χ4n) is 4.03. The number of nitrogens with zero attached hydrogens (tertiary/aromatic N) is 2. The van der Waals surface area contributed by atoms with Gasteiger partial charge in [0, 0.05) is 30.0 Å². The molecule has 0 aliphatic carbocycles. The highest BCUT2D eigenvalue weighted by Gasteiger charge is 2.27. The number of rotatable bonds is 8. The number of nitrogens with one attached hydrogen (secondary N) is 1. The Balaban J connectivity index is 1.48. The number of anilines is 2. The topological polar surface area (TPSA) is 96.0 Å². The molecule has 0 spiro atoms. The number of benzene rings is 3. The maximum Gasteiger partial charge on any atom is 0.258 e. The minimum absolute atomic E-state index is 0.138. The average Bonchev–Trinajstić information content (AvgIpc) is 3.30. The molecule has 3 aromatic carbocycles. The van der Waals surface area contributed by atoms with E-state index in [9.17, 15) is 18.0 Å².